The van der Waals surface area contributed by atoms with Crippen LogP contribution >= 0.6 is 23.2 Å². The van der Waals surface area contributed by atoms with Crippen molar-refractivity contribution in [2.45, 2.75) is 0 Å². The highest BCUT2D eigenvalue weighted by Crippen LogP contribution is 2.22. The number of hydrogen-bond acceptors (Lipinski definition) is 3. The van der Waals surface area contributed by atoms with E-state index in [-0.39, 0.29) is 5.78 Å². The van der Waals surface area contributed by atoms with Crippen molar-refractivity contribution in [1.29, 1.82) is 0 Å². The molecule has 0 aliphatic heterocycles. The zero-order chi connectivity index (χ0) is 15.2. The van der Waals surface area contributed by atoms with Crippen molar-refractivity contribution < 1.29 is 9.53 Å². The number of allylic oxidation sites excluding steroid dienone is 1. The number of benzene rings is 2. The fourth-order valence-electron chi connectivity index (χ4n) is 1.70. The van der Waals surface area contributed by atoms with E-state index in [1.165, 1.54) is 6.08 Å². The maximum absolute atomic E-state index is 11.9. The summed E-state index contributed by atoms with van der Waals surface area (Å²) >= 11 is 11.8. The zero-order valence-corrected chi connectivity index (χ0v) is 12.8. The van der Waals surface area contributed by atoms with Crippen molar-refractivity contribution in [3.05, 3.63) is 70.3 Å². The topological polar surface area (TPSA) is 38.3 Å². The zero-order valence-electron chi connectivity index (χ0n) is 11.3. The lowest BCUT2D eigenvalue weighted by Crippen LogP contribution is -1.96. The lowest BCUT2D eigenvalue weighted by atomic mass is 10.1. The van der Waals surface area contributed by atoms with Crippen molar-refractivity contribution in [2.75, 3.05) is 12.4 Å². The van der Waals surface area contributed by atoms with Crippen LogP contribution < -0.4 is 10.1 Å². The van der Waals surface area contributed by atoms with Gasteiger partial charge in [0.25, 0.3) is 0 Å². The van der Waals surface area contributed by atoms with Gasteiger partial charge in [-0.15, -0.1) is 0 Å². The molecule has 0 fully saturated rings. The fourth-order valence-corrected chi connectivity index (χ4v) is 2.23. The van der Waals surface area contributed by atoms with E-state index in [0.29, 0.717) is 27.0 Å². The van der Waals surface area contributed by atoms with E-state index < -0.39 is 0 Å². The molecule has 108 valence electrons. The van der Waals surface area contributed by atoms with E-state index in [1.807, 2.05) is 0 Å². The Morgan fingerprint density at radius 2 is 1.71 bits per heavy atom. The molecule has 21 heavy (non-hydrogen) atoms. The Kier molecular flexibility index (Phi) is 5.26. The Balaban J connectivity index is 2.01. The number of halogens is 2. The van der Waals surface area contributed by atoms with Crippen LogP contribution in [-0.2, 0) is 0 Å². The summed E-state index contributed by atoms with van der Waals surface area (Å²) < 4.78 is 5.04. The maximum atomic E-state index is 11.9. The van der Waals surface area contributed by atoms with Gasteiger partial charge in [-0.25, -0.2) is 0 Å². The van der Waals surface area contributed by atoms with Crippen molar-refractivity contribution >= 4 is 34.7 Å². The molecule has 0 bridgehead atoms. The van der Waals surface area contributed by atoms with E-state index >= 15 is 0 Å². The van der Waals surface area contributed by atoms with Gasteiger partial charge >= 0.3 is 0 Å². The van der Waals surface area contributed by atoms with E-state index in [9.17, 15) is 4.79 Å². The number of ketones is 1. The fraction of sp³-hybridized carbons (Fsp3) is 0.0625. The molecule has 3 nitrogen and oxygen atoms in total. The molecule has 0 spiro atoms. The number of carbonyl (C=O) groups excluding carboxylic acids is 1. The molecule has 0 heterocycles. The highest BCUT2D eigenvalue weighted by atomic mass is 35.5. The molecule has 1 N–H and O–H groups in total. The number of nitrogens with one attached hydrogen (secondary N) is 1. The third-order valence-electron chi connectivity index (χ3n) is 2.72. The lowest BCUT2D eigenvalue weighted by molar-refractivity contribution is 0.104. The Hall–Kier alpha value is -1.97. The van der Waals surface area contributed by atoms with E-state index in [1.54, 1.807) is 55.8 Å². The van der Waals surface area contributed by atoms with Crippen LogP contribution in [0.1, 0.15) is 10.4 Å². The summed E-state index contributed by atoms with van der Waals surface area (Å²) in [6.07, 6.45) is 2.99. The highest BCUT2D eigenvalue weighted by Gasteiger charge is 2.02. The molecule has 0 radical (unpaired) electrons. The second kappa shape index (κ2) is 7.16. The molecule has 0 unspecified atom stereocenters. The van der Waals surface area contributed by atoms with Gasteiger partial charge < -0.3 is 10.1 Å². The molecular weight excluding hydrogens is 309 g/mol. The van der Waals surface area contributed by atoms with Crippen LogP contribution in [0.4, 0.5) is 5.69 Å². The Morgan fingerprint density at radius 3 is 2.29 bits per heavy atom. The first kappa shape index (κ1) is 15.4. The van der Waals surface area contributed by atoms with Gasteiger partial charge in [0, 0.05) is 33.6 Å². The summed E-state index contributed by atoms with van der Waals surface area (Å²) in [6.45, 7) is 0. The monoisotopic (exact) mass is 321 g/mol. The Bertz CT molecular complexity index is 646. The predicted octanol–water partition coefficient (Wildman–Crippen LogP) is 4.81. The van der Waals surface area contributed by atoms with Crippen molar-refractivity contribution in [2.24, 2.45) is 0 Å². The lowest BCUT2D eigenvalue weighted by Gasteiger charge is -2.03. The summed E-state index contributed by atoms with van der Waals surface area (Å²) in [7, 11) is 1.58. The Labute approximate surface area is 133 Å². The third-order valence-corrected chi connectivity index (χ3v) is 3.16. The molecule has 0 atom stereocenters. The van der Waals surface area contributed by atoms with Crippen LogP contribution in [0, 0.1) is 0 Å². The quantitative estimate of drug-likeness (QED) is 0.634. The van der Waals surface area contributed by atoms with E-state index in [4.69, 9.17) is 27.9 Å². The number of hydrogen-bond donors (Lipinski definition) is 1. The minimum atomic E-state index is -0.113. The van der Waals surface area contributed by atoms with Gasteiger partial charge in [0.05, 0.1) is 7.11 Å². The number of carbonyl (C=O) groups is 1. The minimum absolute atomic E-state index is 0.113. The Morgan fingerprint density at radius 1 is 1.10 bits per heavy atom. The second-order valence-corrected chi connectivity index (χ2v) is 5.10. The van der Waals surface area contributed by atoms with E-state index in [2.05, 4.69) is 5.32 Å². The summed E-state index contributed by atoms with van der Waals surface area (Å²) in [5, 5.41) is 4.01. The molecule has 0 saturated heterocycles. The molecule has 2 rings (SSSR count). The number of ether oxygens (including phenoxy) is 1. The van der Waals surface area contributed by atoms with E-state index in [0.717, 1.165) is 0 Å². The number of methoxy groups -OCH3 is 1. The molecule has 0 aliphatic carbocycles. The second-order valence-electron chi connectivity index (χ2n) is 4.23. The van der Waals surface area contributed by atoms with Gasteiger partial charge in [0.2, 0.25) is 0 Å². The average molecular weight is 322 g/mol. The summed E-state index contributed by atoms with van der Waals surface area (Å²) in [5.74, 6) is 0.598. The average Bonchev–Trinajstić information content (AvgIpc) is 2.46. The third kappa shape index (κ3) is 4.52. The predicted molar refractivity (Wildman–Crippen MR) is 86.5 cm³/mol. The van der Waals surface area contributed by atoms with Gasteiger partial charge in [-0.2, -0.15) is 0 Å². The molecular formula is C16H13Cl2NO2. The van der Waals surface area contributed by atoms with Crippen molar-refractivity contribution in [3.8, 4) is 5.75 Å². The molecule has 0 aliphatic rings. The molecule has 0 amide bonds. The maximum Gasteiger partial charge on any atom is 0.187 e. The molecule has 2 aromatic carbocycles. The van der Waals surface area contributed by atoms with Gasteiger partial charge in [-0.1, -0.05) is 23.2 Å². The molecule has 5 heteroatoms. The summed E-state index contributed by atoms with van der Waals surface area (Å²) in [6, 6.07) is 12.0. The van der Waals surface area contributed by atoms with Crippen LogP contribution in [0.2, 0.25) is 10.0 Å². The van der Waals surface area contributed by atoms with Crippen LogP contribution in [0.3, 0.4) is 0 Å². The normalized spacial score (nSPS) is 10.6. The van der Waals surface area contributed by atoms with Crippen molar-refractivity contribution in [1.82, 2.24) is 0 Å². The minimum Gasteiger partial charge on any atom is -0.497 e. The summed E-state index contributed by atoms with van der Waals surface area (Å²) in [4.78, 5) is 11.9. The molecule has 0 aromatic heterocycles. The van der Waals surface area contributed by atoms with Gasteiger partial charge in [-0.3, -0.25) is 4.79 Å². The smallest absolute Gasteiger partial charge is 0.187 e. The van der Waals surface area contributed by atoms with Crippen LogP contribution in [-0.4, -0.2) is 12.9 Å². The first-order valence-electron chi connectivity index (χ1n) is 6.16. The van der Waals surface area contributed by atoms with Crippen molar-refractivity contribution in [3.63, 3.8) is 0 Å². The standard InChI is InChI=1S/C16H13Cl2NO2/c1-21-15-4-2-11(3-5-15)16(20)6-7-19-14-9-12(17)8-13(18)10-14/h2-10,19H,1H3/b7-6+. The molecule has 0 saturated carbocycles. The number of anilines is 1. The van der Waals surface area contributed by atoms with Gasteiger partial charge in [0.1, 0.15) is 5.75 Å². The molecule has 2 aromatic rings. The summed E-state index contributed by atoms with van der Waals surface area (Å²) in [5.41, 5.74) is 1.30. The van der Waals surface area contributed by atoms with Crippen LogP contribution in [0.15, 0.2) is 54.7 Å². The van der Waals surface area contributed by atoms with Gasteiger partial charge in [0.15, 0.2) is 5.78 Å². The van der Waals surface area contributed by atoms with Crippen LogP contribution in [0.5, 0.6) is 5.75 Å². The SMILES string of the molecule is COc1ccc(C(=O)/C=C/Nc2cc(Cl)cc(Cl)c2)cc1. The van der Waals surface area contributed by atoms with Gasteiger partial charge in [-0.05, 0) is 42.5 Å². The largest absolute Gasteiger partial charge is 0.497 e. The first-order chi connectivity index (χ1) is 10.1. The highest BCUT2D eigenvalue weighted by molar-refractivity contribution is 6.35. The van der Waals surface area contributed by atoms with Crippen LogP contribution in [0.25, 0.3) is 0 Å². The number of rotatable bonds is 5. The first-order valence-corrected chi connectivity index (χ1v) is 6.91.